The van der Waals surface area contributed by atoms with E-state index in [1.54, 1.807) is 18.2 Å². The Balaban J connectivity index is 1.73. The number of hydrogen-bond donors (Lipinski definition) is 3. The molecule has 1 fully saturated rings. The molecule has 172 valence electrons. The number of guanidine groups is 1. The molecule has 1 aliphatic heterocycles. The van der Waals surface area contributed by atoms with Crippen LogP contribution >= 0.6 is 34.8 Å². The Morgan fingerprint density at radius 2 is 2.00 bits per heavy atom. The largest absolute Gasteiger partial charge is 0.370 e. The van der Waals surface area contributed by atoms with Gasteiger partial charge >= 0.3 is 0 Å². The Morgan fingerprint density at radius 1 is 1.24 bits per heavy atom. The van der Waals surface area contributed by atoms with Crippen LogP contribution in [0.25, 0.3) is 17.5 Å². The van der Waals surface area contributed by atoms with E-state index in [9.17, 15) is 0 Å². The Hall–Kier alpha value is -2.51. The summed E-state index contributed by atoms with van der Waals surface area (Å²) in [7, 11) is 0. The number of halogens is 3. The van der Waals surface area contributed by atoms with E-state index >= 15 is 0 Å². The third kappa shape index (κ3) is 5.53. The van der Waals surface area contributed by atoms with Gasteiger partial charge in [-0.15, -0.1) is 0 Å². The van der Waals surface area contributed by atoms with Crippen molar-refractivity contribution in [3.63, 3.8) is 0 Å². The van der Waals surface area contributed by atoms with Crippen molar-refractivity contribution in [1.29, 1.82) is 0 Å². The van der Waals surface area contributed by atoms with Crippen LogP contribution in [0.3, 0.4) is 0 Å². The molecule has 1 atom stereocenters. The summed E-state index contributed by atoms with van der Waals surface area (Å²) in [4.78, 5) is 9.48. The Labute approximate surface area is 208 Å². The lowest BCUT2D eigenvalue weighted by Crippen LogP contribution is -2.31. The quantitative estimate of drug-likeness (QED) is 0.294. The van der Waals surface area contributed by atoms with Crippen LogP contribution in [-0.4, -0.2) is 28.6 Å². The van der Waals surface area contributed by atoms with E-state index in [1.165, 1.54) is 0 Å². The number of aliphatic imine (C=N–C) groups is 1. The standard InChI is InChI=1S/C24H25Cl3N6/c1-2-20-22(32-24(28)30-13-15-5-3-6-17(25)11-15)33(14-16-9-10-29-12-16)23(31-20)21-18(26)7-4-8-19(21)27/h2-8,11,16,29H,1,9-10,12-14H2,(H3,28,30,32). The number of nitrogens with two attached hydrogens (primary N) is 1. The second kappa shape index (κ2) is 10.6. The Morgan fingerprint density at radius 3 is 2.67 bits per heavy atom. The number of hydrogen-bond acceptors (Lipinski definition) is 3. The highest BCUT2D eigenvalue weighted by molar-refractivity contribution is 6.39. The minimum absolute atomic E-state index is 0.264. The molecule has 1 unspecified atom stereocenters. The zero-order valence-corrected chi connectivity index (χ0v) is 20.3. The molecule has 0 bridgehead atoms. The van der Waals surface area contributed by atoms with Crippen LogP contribution in [0.15, 0.2) is 54.0 Å². The third-order valence-corrected chi connectivity index (χ3v) is 6.40. The molecule has 1 aromatic heterocycles. The zero-order valence-electron chi connectivity index (χ0n) is 18.0. The molecule has 0 aliphatic carbocycles. The molecule has 1 aliphatic rings. The van der Waals surface area contributed by atoms with Crippen molar-refractivity contribution < 1.29 is 0 Å². The minimum Gasteiger partial charge on any atom is -0.370 e. The van der Waals surface area contributed by atoms with Gasteiger partial charge in [-0.3, -0.25) is 0 Å². The summed E-state index contributed by atoms with van der Waals surface area (Å²) in [5.41, 5.74) is 8.54. The summed E-state index contributed by atoms with van der Waals surface area (Å²) < 4.78 is 2.04. The fraction of sp³-hybridized carbons (Fsp3) is 0.250. The van der Waals surface area contributed by atoms with Crippen molar-refractivity contribution in [2.45, 2.75) is 19.5 Å². The first kappa shape index (κ1) is 23.6. The molecule has 1 saturated heterocycles. The van der Waals surface area contributed by atoms with Gasteiger partial charge in [0.1, 0.15) is 11.5 Å². The van der Waals surface area contributed by atoms with Crippen molar-refractivity contribution in [2.24, 2.45) is 16.6 Å². The monoisotopic (exact) mass is 502 g/mol. The lowest BCUT2D eigenvalue weighted by atomic mass is 10.1. The van der Waals surface area contributed by atoms with Crippen LogP contribution in [0.4, 0.5) is 5.82 Å². The molecule has 0 amide bonds. The molecule has 33 heavy (non-hydrogen) atoms. The predicted molar refractivity (Wildman–Crippen MR) is 138 cm³/mol. The first-order valence-corrected chi connectivity index (χ1v) is 11.8. The maximum atomic E-state index is 6.53. The number of aromatic nitrogens is 2. The van der Waals surface area contributed by atoms with Gasteiger partial charge < -0.3 is 20.9 Å². The van der Waals surface area contributed by atoms with Crippen molar-refractivity contribution in [1.82, 2.24) is 20.2 Å². The topological polar surface area (TPSA) is 80.3 Å². The van der Waals surface area contributed by atoms with Crippen molar-refractivity contribution in [3.05, 3.63) is 75.4 Å². The van der Waals surface area contributed by atoms with Gasteiger partial charge in [-0.25, -0.2) is 4.98 Å². The number of benzene rings is 2. The van der Waals surface area contributed by atoms with Crippen molar-refractivity contribution in [2.75, 3.05) is 13.1 Å². The molecule has 0 spiro atoms. The molecule has 4 N–H and O–H groups in total. The lowest BCUT2D eigenvalue weighted by molar-refractivity contribution is 0.486. The molecule has 2 heterocycles. The smallest absolute Gasteiger partial charge is 0.195 e. The predicted octanol–water partition coefficient (Wildman–Crippen LogP) is 5.50. The van der Waals surface area contributed by atoms with Gasteiger partial charge in [-0.05, 0) is 61.3 Å². The third-order valence-electron chi connectivity index (χ3n) is 5.54. The SMILES string of the molecule is C=Cc1nc(-c2c(Cl)cccc2Cl)n(CC2CCNC2)c1/N=C(\N)NCc1cccc(Cl)c1. The van der Waals surface area contributed by atoms with Gasteiger partial charge in [0.25, 0.3) is 0 Å². The van der Waals surface area contributed by atoms with Crippen LogP contribution in [0.2, 0.25) is 15.1 Å². The summed E-state index contributed by atoms with van der Waals surface area (Å²) in [5, 5.41) is 8.28. The van der Waals surface area contributed by atoms with E-state index in [1.807, 2.05) is 34.9 Å². The first-order chi connectivity index (χ1) is 16.0. The van der Waals surface area contributed by atoms with E-state index in [0.717, 1.165) is 25.1 Å². The van der Waals surface area contributed by atoms with E-state index in [0.29, 0.717) is 57.0 Å². The summed E-state index contributed by atoms with van der Waals surface area (Å²) in [6, 6.07) is 13.0. The van der Waals surface area contributed by atoms with Gasteiger partial charge in [0.15, 0.2) is 11.8 Å². The fourth-order valence-electron chi connectivity index (χ4n) is 3.91. The Kier molecular flexibility index (Phi) is 7.60. The highest BCUT2D eigenvalue weighted by atomic mass is 35.5. The van der Waals surface area contributed by atoms with Gasteiger partial charge in [-0.2, -0.15) is 4.99 Å². The van der Waals surface area contributed by atoms with Gasteiger partial charge in [0.05, 0.1) is 15.6 Å². The molecule has 3 aromatic rings. The second-order valence-corrected chi connectivity index (χ2v) is 9.15. The van der Waals surface area contributed by atoms with Gasteiger partial charge in [0, 0.05) is 18.1 Å². The van der Waals surface area contributed by atoms with Crippen molar-refractivity contribution in [3.8, 4) is 11.4 Å². The Bertz CT molecular complexity index is 1160. The fourth-order valence-corrected chi connectivity index (χ4v) is 4.69. The average molecular weight is 504 g/mol. The van der Waals surface area contributed by atoms with E-state index in [-0.39, 0.29) is 5.96 Å². The van der Waals surface area contributed by atoms with Crippen LogP contribution in [0.1, 0.15) is 17.7 Å². The van der Waals surface area contributed by atoms with Crippen molar-refractivity contribution >= 4 is 52.7 Å². The molecule has 0 saturated carbocycles. The first-order valence-electron chi connectivity index (χ1n) is 10.7. The summed E-state index contributed by atoms with van der Waals surface area (Å²) >= 11 is 19.1. The van der Waals surface area contributed by atoms with E-state index < -0.39 is 0 Å². The van der Waals surface area contributed by atoms with Crippen LogP contribution in [0, 0.1) is 5.92 Å². The molecule has 0 radical (unpaired) electrons. The normalized spacial score (nSPS) is 16.2. The number of nitrogens with one attached hydrogen (secondary N) is 2. The van der Waals surface area contributed by atoms with Gasteiger partial charge in [0.2, 0.25) is 0 Å². The van der Waals surface area contributed by atoms with E-state index in [2.05, 4.69) is 22.2 Å². The lowest BCUT2D eigenvalue weighted by Gasteiger charge is -2.16. The summed E-state index contributed by atoms with van der Waals surface area (Å²) in [6.45, 7) is 7.02. The van der Waals surface area contributed by atoms with Crippen LogP contribution in [-0.2, 0) is 13.1 Å². The minimum atomic E-state index is 0.264. The highest BCUT2D eigenvalue weighted by Gasteiger charge is 2.24. The molecular formula is C24H25Cl3N6. The van der Waals surface area contributed by atoms with Gasteiger partial charge in [-0.1, -0.05) is 59.6 Å². The molecular weight excluding hydrogens is 479 g/mol. The highest BCUT2D eigenvalue weighted by Crippen LogP contribution is 2.38. The molecule has 4 rings (SSSR count). The maximum Gasteiger partial charge on any atom is 0.195 e. The molecule has 6 nitrogen and oxygen atoms in total. The average Bonchev–Trinajstić information content (AvgIpc) is 3.41. The zero-order chi connectivity index (χ0) is 23.4. The van der Waals surface area contributed by atoms with E-state index in [4.69, 9.17) is 45.5 Å². The number of nitrogens with zero attached hydrogens (tertiary/aromatic N) is 3. The molecule has 9 heteroatoms. The summed E-state index contributed by atoms with van der Waals surface area (Å²) in [5.74, 6) is 1.94. The van der Waals surface area contributed by atoms with Crippen LogP contribution < -0.4 is 16.4 Å². The van der Waals surface area contributed by atoms with Crippen LogP contribution in [0.5, 0.6) is 0 Å². The summed E-state index contributed by atoms with van der Waals surface area (Å²) in [6.07, 6.45) is 2.73. The molecule has 2 aromatic carbocycles. The maximum absolute atomic E-state index is 6.53. The number of rotatable bonds is 7. The second-order valence-electron chi connectivity index (χ2n) is 7.89. The number of imidazole rings is 1.